The molecule has 0 aromatic heterocycles. The minimum absolute atomic E-state index is 0.355. The summed E-state index contributed by atoms with van der Waals surface area (Å²) in [6, 6.07) is 44.2. The summed E-state index contributed by atoms with van der Waals surface area (Å²) in [6.45, 7) is 2.23. The van der Waals surface area contributed by atoms with Gasteiger partial charge in [0.1, 0.15) is 0 Å². The third kappa shape index (κ3) is 3.16. The SMILES string of the molecule is Cc1ccc2c3c(cccc13)-c1cc3c(cc1-2)C1C=c2cccc4c2=C(c2ccccc2-4)C1C=C3.c1ccccc1. The van der Waals surface area contributed by atoms with Crippen molar-refractivity contribution in [2.75, 3.05) is 0 Å². The van der Waals surface area contributed by atoms with Crippen LogP contribution in [0.15, 0.2) is 127 Å². The molecule has 0 saturated heterocycles. The molecule has 0 fully saturated rings. The number of fused-ring (bicyclic) bond motifs is 10. The maximum absolute atomic E-state index is 2.54. The van der Waals surface area contributed by atoms with Gasteiger partial charge in [0.2, 0.25) is 0 Å². The summed E-state index contributed by atoms with van der Waals surface area (Å²) < 4.78 is 0. The van der Waals surface area contributed by atoms with E-state index in [1.807, 2.05) is 36.4 Å². The predicted molar refractivity (Wildman–Crippen MR) is 173 cm³/mol. The fourth-order valence-electron chi connectivity index (χ4n) is 7.75. The molecule has 0 N–H and O–H groups in total. The van der Waals surface area contributed by atoms with Gasteiger partial charge < -0.3 is 0 Å². The van der Waals surface area contributed by atoms with Crippen LogP contribution in [0.2, 0.25) is 0 Å². The van der Waals surface area contributed by atoms with E-state index in [2.05, 4.69) is 110 Å². The second-order valence-corrected chi connectivity index (χ2v) is 11.6. The molecule has 6 aromatic carbocycles. The molecule has 41 heavy (non-hydrogen) atoms. The van der Waals surface area contributed by atoms with Crippen LogP contribution in [0.1, 0.15) is 28.2 Å². The maximum Gasteiger partial charge on any atom is 0.0138 e. The van der Waals surface area contributed by atoms with Gasteiger partial charge in [-0.05, 0) is 101 Å². The Hall–Kier alpha value is -4.94. The third-order valence-corrected chi connectivity index (χ3v) is 9.52. The number of hydrogen-bond donors (Lipinski definition) is 0. The Bertz CT molecular complexity index is 2190. The van der Waals surface area contributed by atoms with E-state index in [0.717, 1.165) is 0 Å². The first-order valence-corrected chi connectivity index (χ1v) is 14.6. The highest BCUT2D eigenvalue weighted by Gasteiger charge is 2.36. The van der Waals surface area contributed by atoms with Crippen LogP contribution in [0.3, 0.4) is 0 Å². The minimum atomic E-state index is 0.355. The highest BCUT2D eigenvalue weighted by molar-refractivity contribution is 6.16. The van der Waals surface area contributed by atoms with Crippen LogP contribution in [0.5, 0.6) is 0 Å². The zero-order valence-electron chi connectivity index (χ0n) is 22.9. The summed E-state index contributed by atoms with van der Waals surface area (Å²) in [4.78, 5) is 0. The lowest BCUT2D eigenvalue weighted by molar-refractivity contribution is 0.737. The Balaban J connectivity index is 0.000000360. The average Bonchev–Trinajstić information content (AvgIpc) is 3.54. The van der Waals surface area contributed by atoms with Gasteiger partial charge in [-0.3, -0.25) is 0 Å². The third-order valence-electron chi connectivity index (χ3n) is 9.52. The molecule has 0 bridgehead atoms. The molecule has 0 heterocycles. The van der Waals surface area contributed by atoms with Gasteiger partial charge in [0.15, 0.2) is 0 Å². The molecule has 0 heteroatoms. The summed E-state index contributed by atoms with van der Waals surface area (Å²) in [5, 5.41) is 5.65. The average molecular weight is 521 g/mol. The van der Waals surface area contributed by atoms with Crippen molar-refractivity contribution in [1.82, 2.24) is 0 Å². The van der Waals surface area contributed by atoms with Gasteiger partial charge in [0.25, 0.3) is 0 Å². The smallest absolute Gasteiger partial charge is 0.0138 e. The molecule has 4 aliphatic rings. The Morgan fingerprint density at radius 2 is 1.20 bits per heavy atom. The van der Waals surface area contributed by atoms with Crippen LogP contribution in [0.25, 0.3) is 61.9 Å². The molecule has 6 aromatic rings. The number of allylic oxidation sites excluding steroid dienone is 1. The van der Waals surface area contributed by atoms with E-state index in [-0.39, 0.29) is 0 Å². The summed E-state index contributed by atoms with van der Waals surface area (Å²) in [5.41, 5.74) is 15.5. The molecule has 0 amide bonds. The van der Waals surface area contributed by atoms with Crippen molar-refractivity contribution in [2.45, 2.75) is 12.8 Å². The monoisotopic (exact) mass is 520 g/mol. The molecule has 0 aliphatic heterocycles. The van der Waals surface area contributed by atoms with Gasteiger partial charge in [-0.2, -0.15) is 0 Å². The fourth-order valence-corrected chi connectivity index (χ4v) is 7.75. The zero-order chi connectivity index (χ0) is 27.1. The minimum Gasteiger partial charge on any atom is -0.0754 e. The van der Waals surface area contributed by atoms with Crippen LogP contribution in [-0.4, -0.2) is 0 Å². The molecule has 0 spiro atoms. The number of benzene rings is 6. The molecule has 0 radical (unpaired) electrons. The van der Waals surface area contributed by atoms with E-state index in [1.165, 1.54) is 82.4 Å². The predicted octanol–water partition coefficient (Wildman–Crippen LogP) is 8.88. The topological polar surface area (TPSA) is 0 Å². The Labute approximate surface area is 240 Å². The molecule has 0 saturated carbocycles. The summed E-state index contributed by atoms with van der Waals surface area (Å²) in [5.74, 6) is 0.730. The van der Waals surface area contributed by atoms with Crippen molar-refractivity contribution in [3.8, 4) is 33.4 Å². The second kappa shape index (κ2) is 8.53. The summed E-state index contributed by atoms with van der Waals surface area (Å²) in [6.07, 6.45) is 7.40. The normalized spacial score (nSPS) is 17.4. The molecule has 10 rings (SSSR count). The number of rotatable bonds is 0. The number of aryl methyl sites for hydroxylation is 1. The van der Waals surface area contributed by atoms with Crippen LogP contribution in [0.4, 0.5) is 0 Å². The highest BCUT2D eigenvalue weighted by atomic mass is 14.4. The van der Waals surface area contributed by atoms with Crippen LogP contribution < -0.4 is 10.4 Å². The lowest BCUT2D eigenvalue weighted by Gasteiger charge is -2.32. The Morgan fingerprint density at radius 1 is 0.512 bits per heavy atom. The van der Waals surface area contributed by atoms with Crippen LogP contribution in [0, 0.1) is 12.8 Å². The van der Waals surface area contributed by atoms with Crippen molar-refractivity contribution < 1.29 is 0 Å². The zero-order valence-corrected chi connectivity index (χ0v) is 22.9. The standard InChI is InChI=1S/C35H22.C6H6/c1-19-12-14-27-32-18-29-20(16-31(32)26-11-5-9-22(19)34(26)27)13-15-28-30(29)17-21-6-4-10-24-23-7-2-3-8-25(23)35(28)33(21)24;1-2-4-6-5-3-1/h2-18,28,30H,1H3;1-6H. The highest BCUT2D eigenvalue weighted by Crippen LogP contribution is 2.52. The van der Waals surface area contributed by atoms with Gasteiger partial charge in [0, 0.05) is 11.8 Å². The van der Waals surface area contributed by atoms with Crippen molar-refractivity contribution in [2.24, 2.45) is 5.92 Å². The fraction of sp³-hybridized carbons (Fsp3) is 0.0732. The Kier molecular flexibility index (Phi) is 4.75. The summed E-state index contributed by atoms with van der Waals surface area (Å²) >= 11 is 0. The molecule has 2 atom stereocenters. The van der Waals surface area contributed by atoms with Gasteiger partial charge in [-0.1, -0.05) is 127 Å². The molecular weight excluding hydrogens is 492 g/mol. The molecule has 2 unspecified atom stereocenters. The van der Waals surface area contributed by atoms with Gasteiger partial charge in [-0.15, -0.1) is 0 Å². The molecule has 0 nitrogen and oxygen atoms in total. The van der Waals surface area contributed by atoms with Gasteiger partial charge >= 0.3 is 0 Å². The summed E-state index contributed by atoms with van der Waals surface area (Å²) in [7, 11) is 0. The maximum atomic E-state index is 2.54. The van der Waals surface area contributed by atoms with Gasteiger partial charge in [-0.25, -0.2) is 0 Å². The first-order valence-electron chi connectivity index (χ1n) is 14.6. The number of hydrogen-bond acceptors (Lipinski definition) is 0. The molecular formula is C41H28. The van der Waals surface area contributed by atoms with Gasteiger partial charge in [0.05, 0.1) is 0 Å². The largest absolute Gasteiger partial charge is 0.0754 e. The quantitative estimate of drug-likeness (QED) is 0.187. The Morgan fingerprint density at radius 3 is 2.02 bits per heavy atom. The molecule has 4 aliphatic carbocycles. The van der Waals surface area contributed by atoms with Crippen molar-refractivity contribution in [1.29, 1.82) is 0 Å². The van der Waals surface area contributed by atoms with E-state index in [1.54, 1.807) is 0 Å². The second-order valence-electron chi connectivity index (χ2n) is 11.6. The van der Waals surface area contributed by atoms with Crippen molar-refractivity contribution in [3.05, 3.63) is 160 Å². The lowest BCUT2D eigenvalue weighted by atomic mass is 9.71. The van der Waals surface area contributed by atoms with Crippen molar-refractivity contribution >= 4 is 28.5 Å². The van der Waals surface area contributed by atoms with Crippen LogP contribution >= 0.6 is 0 Å². The van der Waals surface area contributed by atoms with Crippen molar-refractivity contribution in [3.63, 3.8) is 0 Å². The first-order chi connectivity index (χ1) is 20.3. The molecule has 192 valence electrons. The van der Waals surface area contributed by atoms with E-state index in [4.69, 9.17) is 0 Å². The lowest BCUT2D eigenvalue weighted by Crippen LogP contribution is -2.35. The van der Waals surface area contributed by atoms with E-state index in [9.17, 15) is 0 Å². The van der Waals surface area contributed by atoms with Crippen LogP contribution in [-0.2, 0) is 0 Å². The van der Waals surface area contributed by atoms with E-state index >= 15 is 0 Å². The van der Waals surface area contributed by atoms with E-state index in [0.29, 0.717) is 11.8 Å². The first kappa shape index (κ1) is 22.8. The van der Waals surface area contributed by atoms with E-state index < -0.39 is 0 Å².